The summed E-state index contributed by atoms with van der Waals surface area (Å²) in [6, 6.07) is 4.12. The maximum Gasteiger partial charge on any atom is 0.230 e. The lowest BCUT2D eigenvalue weighted by atomic mass is 9.80. The van der Waals surface area contributed by atoms with E-state index < -0.39 is 26.8 Å². The van der Waals surface area contributed by atoms with Crippen molar-refractivity contribution in [2.75, 3.05) is 12.3 Å². The number of hydrogen-bond donors (Lipinski definition) is 0. The molecule has 7 heteroatoms. The molecular weight excluding hydrogens is 321 g/mol. The van der Waals surface area contributed by atoms with Gasteiger partial charge in [0.25, 0.3) is 0 Å². The molecule has 2 atom stereocenters. The molecule has 0 bridgehead atoms. The molecule has 3 rings (SSSR count). The Bertz CT molecular complexity index is 759. The van der Waals surface area contributed by atoms with Crippen molar-refractivity contribution in [1.29, 1.82) is 0 Å². The van der Waals surface area contributed by atoms with Crippen molar-refractivity contribution < 1.29 is 22.4 Å². The summed E-state index contributed by atoms with van der Waals surface area (Å²) in [6.07, 6.45) is 1.36. The second kappa shape index (κ2) is 5.40. The summed E-state index contributed by atoms with van der Waals surface area (Å²) in [5.41, 5.74) is -1.26. The topological polar surface area (TPSA) is 71.5 Å². The van der Waals surface area contributed by atoms with E-state index in [0.29, 0.717) is 13.0 Å². The van der Waals surface area contributed by atoms with E-state index in [1.807, 2.05) is 0 Å². The van der Waals surface area contributed by atoms with Crippen LogP contribution < -0.4 is 0 Å². The minimum Gasteiger partial charge on any atom is -0.332 e. The molecule has 2 aliphatic rings. The number of halogens is 1. The summed E-state index contributed by atoms with van der Waals surface area (Å²) in [4.78, 5) is 26.4. The number of piperidine rings is 1. The van der Waals surface area contributed by atoms with Gasteiger partial charge in [-0.3, -0.25) is 9.59 Å². The van der Waals surface area contributed by atoms with Crippen molar-refractivity contribution in [3.8, 4) is 0 Å². The van der Waals surface area contributed by atoms with Gasteiger partial charge in [-0.1, -0.05) is 0 Å². The van der Waals surface area contributed by atoms with Crippen molar-refractivity contribution >= 4 is 21.5 Å². The van der Waals surface area contributed by atoms with E-state index in [-0.39, 0.29) is 29.0 Å². The van der Waals surface area contributed by atoms with E-state index in [0.717, 1.165) is 18.6 Å². The number of ketones is 1. The van der Waals surface area contributed by atoms with Gasteiger partial charge in [0, 0.05) is 13.0 Å². The fourth-order valence-corrected chi connectivity index (χ4v) is 5.31. The van der Waals surface area contributed by atoms with Crippen LogP contribution in [0.3, 0.4) is 0 Å². The molecule has 5 nitrogen and oxygen atoms in total. The predicted octanol–water partition coefficient (Wildman–Crippen LogP) is 1.57. The average Bonchev–Trinajstić information content (AvgIpc) is 2.94. The number of carbonyl (C=O) groups is 2. The number of hydrogen-bond acceptors (Lipinski definition) is 4. The van der Waals surface area contributed by atoms with Crippen LogP contribution in [0.15, 0.2) is 29.2 Å². The third kappa shape index (κ3) is 2.78. The Morgan fingerprint density at radius 3 is 2.57 bits per heavy atom. The van der Waals surface area contributed by atoms with E-state index in [2.05, 4.69) is 0 Å². The van der Waals surface area contributed by atoms with Crippen LogP contribution >= 0.6 is 0 Å². The second-order valence-electron chi connectivity index (χ2n) is 6.57. The van der Waals surface area contributed by atoms with Gasteiger partial charge in [0.15, 0.2) is 15.6 Å². The largest absolute Gasteiger partial charge is 0.332 e. The zero-order valence-corrected chi connectivity index (χ0v) is 13.6. The van der Waals surface area contributed by atoms with Gasteiger partial charge in [0.2, 0.25) is 5.91 Å². The minimum absolute atomic E-state index is 0.0380. The monoisotopic (exact) mass is 339 g/mol. The van der Waals surface area contributed by atoms with Gasteiger partial charge < -0.3 is 4.90 Å². The second-order valence-corrected chi connectivity index (χ2v) is 8.56. The molecule has 1 aromatic carbocycles. The molecule has 2 saturated heterocycles. The molecule has 0 radical (unpaired) electrons. The van der Waals surface area contributed by atoms with Crippen molar-refractivity contribution in [1.82, 2.24) is 4.90 Å². The Balaban J connectivity index is 1.89. The quantitative estimate of drug-likeness (QED) is 0.784. The maximum absolute atomic E-state index is 13.0. The smallest absolute Gasteiger partial charge is 0.230 e. The van der Waals surface area contributed by atoms with E-state index >= 15 is 0 Å². The standard InChI is InChI=1S/C16H18FNO4S/c1-16(9-14(19)13-3-2-8-18(13)15(16)20)10-23(21,22)12-6-4-11(17)5-7-12/h4-7,13H,2-3,8-10H2,1H3. The van der Waals surface area contributed by atoms with Gasteiger partial charge in [0.1, 0.15) is 5.82 Å². The molecule has 23 heavy (non-hydrogen) atoms. The minimum atomic E-state index is -3.79. The van der Waals surface area contributed by atoms with E-state index in [4.69, 9.17) is 0 Å². The van der Waals surface area contributed by atoms with E-state index in [1.54, 1.807) is 0 Å². The summed E-state index contributed by atoms with van der Waals surface area (Å²) >= 11 is 0. The zero-order valence-electron chi connectivity index (χ0n) is 12.8. The van der Waals surface area contributed by atoms with Gasteiger partial charge >= 0.3 is 0 Å². The van der Waals surface area contributed by atoms with Crippen molar-refractivity contribution in [2.45, 2.75) is 37.1 Å². The molecule has 2 fully saturated rings. The Kier molecular flexibility index (Phi) is 3.78. The Labute approximate surface area is 134 Å². The predicted molar refractivity (Wildman–Crippen MR) is 80.9 cm³/mol. The molecule has 2 unspecified atom stereocenters. The molecule has 0 aromatic heterocycles. The number of fused-ring (bicyclic) bond motifs is 1. The number of amides is 1. The number of carbonyl (C=O) groups excluding carboxylic acids is 2. The average molecular weight is 339 g/mol. The first-order valence-corrected chi connectivity index (χ1v) is 9.20. The van der Waals surface area contributed by atoms with Crippen molar-refractivity contribution in [3.63, 3.8) is 0 Å². The Morgan fingerprint density at radius 1 is 1.26 bits per heavy atom. The van der Waals surface area contributed by atoms with Crippen LogP contribution in [0.4, 0.5) is 4.39 Å². The van der Waals surface area contributed by atoms with Crippen LogP contribution in [-0.4, -0.2) is 43.3 Å². The third-order valence-electron chi connectivity index (χ3n) is 4.65. The lowest BCUT2D eigenvalue weighted by molar-refractivity contribution is -0.152. The van der Waals surface area contributed by atoms with Crippen LogP contribution in [0.5, 0.6) is 0 Å². The fraction of sp³-hybridized carbons (Fsp3) is 0.500. The number of nitrogens with zero attached hydrogens (tertiary/aromatic N) is 1. The highest BCUT2D eigenvalue weighted by molar-refractivity contribution is 7.91. The van der Waals surface area contributed by atoms with Crippen LogP contribution in [0.2, 0.25) is 0 Å². The van der Waals surface area contributed by atoms with Crippen LogP contribution in [0.25, 0.3) is 0 Å². The van der Waals surface area contributed by atoms with Gasteiger partial charge in [-0.15, -0.1) is 0 Å². The number of benzene rings is 1. The van der Waals surface area contributed by atoms with Crippen molar-refractivity contribution in [3.05, 3.63) is 30.1 Å². The van der Waals surface area contributed by atoms with Gasteiger partial charge in [-0.25, -0.2) is 12.8 Å². The van der Waals surface area contributed by atoms with Gasteiger partial charge in [-0.05, 0) is 44.0 Å². The molecule has 2 heterocycles. The number of Topliss-reactive ketones (excluding diaryl/α,β-unsaturated/α-hetero) is 1. The fourth-order valence-electron chi connectivity index (χ4n) is 3.53. The first-order chi connectivity index (χ1) is 10.7. The molecule has 0 N–H and O–H groups in total. The lowest BCUT2D eigenvalue weighted by Crippen LogP contribution is -2.56. The highest BCUT2D eigenvalue weighted by Gasteiger charge is 2.51. The summed E-state index contributed by atoms with van der Waals surface area (Å²) in [5.74, 6) is -1.32. The number of rotatable bonds is 3. The number of sulfone groups is 1. The molecule has 1 aromatic rings. The highest BCUT2D eigenvalue weighted by Crippen LogP contribution is 2.38. The highest BCUT2D eigenvalue weighted by atomic mass is 32.2. The van der Waals surface area contributed by atoms with Crippen molar-refractivity contribution in [2.24, 2.45) is 5.41 Å². The van der Waals surface area contributed by atoms with Gasteiger partial charge in [0.05, 0.1) is 22.1 Å². The van der Waals surface area contributed by atoms with Gasteiger partial charge in [-0.2, -0.15) is 0 Å². The summed E-state index contributed by atoms with van der Waals surface area (Å²) in [5, 5.41) is 0. The summed E-state index contributed by atoms with van der Waals surface area (Å²) in [7, 11) is -3.79. The Hall–Kier alpha value is -1.76. The zero-order chi connectivity index (χ0) is 16.8. The molecule has 0 saturated carbocycles. The van der Waals surface area contributed by atoms with E-state index in [1.165, 1.54) is 24.0 Å². The Morgan fingerprint density at radius 2 is 1.91 bits per heavy atom. The lowest BCUT2D eigenvalue weighted by Gasteiger charge is -2.40. The first kappa shape index (κ1) is 16.1. The molecule has 0 spiro atoms. The molecule has 124 valence electrons. The summed E-state index contributed by atoms with van der Waals surface area (Å²) < 4.78 is 38.1. The van der Waals surface area contributed by atoms with E-state index in [9.17, 15) is 22.4 Å². The first-order valence-electron chi connectivity index (χ1n) is 7.55. The van der Waals surface area contributed by atoms with Crippen LogP contribution in [0, 0.1) is 11.2 Å². The maximum atomic E-state index is 13.0. The van der Waals surface area contributed by atoms with Crippen LogP contribution in [-0.2, 0) is 19.4 Å². The summed E-state index contributed by atoms with van der Waals surface area (Å²) in [6.45, 7) is 2.03. The SMILES string of the molecule is CC1(CS(=O)(=O)c2ccc(F)cc2)CC(=O)C2CCCN2C1=O. The molecule has 1 amide bonds. The molecule has 2 aliphatic heterocycles. The normalized spacial score (nSPS) is 28.1. The molecular formula is C16H18FNO4S. The molecule has 0 aliphatic carbocycles. The van der Waals surface area contributed by atoms with Crippen LogP contribution in [0.1, 0.15) is 26.2 Å². The third-order valence-corrected chi connectivity index (χ3v) is 6.65.